The number of carbonyl (C=O) groups is 1. The average molecular weight is 454 g/mol. The van der Waals surface area contributed by atoms with Crippen molar-refractivity contribution < 1.29 is 19.0 Å². The fourth-order valence-electron chi connectivity index (χ4n) is 2.39. The molecule has 1 N–H and O–H groups in total. The van der Waals surface area contributed by atoms with E-state index in [4.69, 9.17) is 16.2 Å². The molecule has 2 aromatic heterocycles. The van der Waals surface area contributed by atoms with Crippen LogP contribution < -0.4 is 0 Å². The summed E-state index contributed by atoms with van der Waals surface area (Å²) < 4.78 is 18.4. The lowest BCUT2D eigenvalue weighted by atomic mass is 10.0. The maximum Gasteiger partial charge on any atom is 0.172 e. The van der Waals surface area contributed by atoms with Crippen LogP contribution in [0.2, 0.25) is 5.15 Å². The summed E-state index contributed by atoms with van der Waals surface area (Å²) in [5, 5.41) is 20.1. The quantitative estimate of drug-likeness (QED) is 0.200. The first-order valence-corrected chi connectivity index (χ1v) is 8.77. The summed E-state index contributed by atoms with van der Waals surface area (Å²) in [5.74, 6) is -0.754. The van der Waals surface area contributed by atoms with E-state index >= 15 is 0 Å². The second kappa shape index (κ2) is 8.36. The van der Waals surface area contributed by atoms with E-state index < -0.39 is 5.82 Å². The van der Waals surface area contributed by atoms with Crippen molar-refractivity contribution in [2.45, 2.75) is 12.8 Å². The Hall–Kier alpha value is -2.65. The van der Waals surface area contributed by atoms with E-state index in [1.165, 1.54) is 12.3 Å². The normalized spacial score (nSPS) is 11.6. The number of rotatable bonds is 6. The molecule has 1 aromatic carbocycles. The van der Waals surface area contributed by atoms with Crippen LogP contribution in [-0.4, -0.2) is 32.0 Å². The van der Waals surface area contributed by atoms with Gasteiger partial charge in [-0.1, -0.05) is 28.0 Å². The molecule has 0 fully saturated rings. The van der Waals surface area contributed by atoms with Gasteiger partial charge in [0.25, 0.3) is 0 Å². The predicted octanol–water partition coefficient (Wildman–Crippen LogP) is 3.87. The van der Waals surface area contributed by atoms with E-state index in [1.807, 2.05) is 0 Å². The Bertz CT molecular complexity index is 1020. The van der Waals surface area contributed by atoms with Crippen molar-refractivity contribution in [1.82, 2.24) is 15.3 Å². The highest BCUT2D eigenvalue weighted by atomic mass is 79.9. The van der Waals surface area contributed by atoms with Crippen molar-refractivity contribution in [1.29, 1.82) is 0 Å². The Morgan fingerprint density at radius 1 is 1.30 bits per heavy atom. The maximum atomic E-state index is 13.4. The van der Waals surface area contributed by atoms with Crippen molar-refractivity contribution in [3.05, 3.63) is 74.5 Å². The summed E-state index contributed by atoms with van der Waals surface area (Å²) in [6.45, 7) is 0. The molecule has 0 atom stereocenters. The highest BCUT2D eigenvalue weighted by molar-refractivity contribution is 9.10. The predicted molar refractivity (Wildman–Crippen MR) is 97.7 cm³/mol. The number of oxime groups is 1. The number of aromatic nitrogens is 3. The number of Topliss-reactive ketones (excluding diaryl/α,β-unsaturated/α-hetero) is 1. The molecule has 10 heteroatoms. The minimum atomic E-state index is -0.413. The van der Waals surface area contributed by atoms with Gasteiger partial charge in [-0.25, -0.2) is 14.0 Å². The first-order chi connectivity index (χ1) is 13.0. The summed E-state index contributed by atoms with van der Waals surface area (Å²) in [4.78, 5) is 16.3. The van der Waals surface area contributed by atoms with E-state index in [-0.39, 0.29) is 50.9 Å². The van der Waals surface area contributed by atoms with Crippen LogP contribution >= 0.6 is 27.5 Å². The molecule has 0 aliphatic heterocycles. The third kappa shape index (κ3) is 4.37. The fraction of sp³-hybridized carbons (Fsp3) is 0.118. The first kappa shape index (κ1) is 19.1. The third-order valence-corrected chi connectivity index (χ3v) is 4.60. The van der Waals surface area contributed by atoms with Crippen molar-refractivity contribution in [2.75, 3.05) is 0 Å². The van der Waals surface area contributed by atoms with Gasteiger partial charge in [0, 0.05) is 12.6 Å². The second-order valence-electron chi connectivity index (χ2n) is 5.47. The van der Waals surface area contributed by atoms with Crippen LogP contribution in [0.4, 0.5) is 4.39 Å². The van der Waals surface area contributed by atoms with Crippen LogP contribution in [0.3, 0.4) is 0 Å². The summed E-state index contributed by atoms with van der Waals surface area (Å²) in [6.07, 6.45) is 1.42. The number of pyridine rings is 1. The molecule has 3 rings (SSSR count). The minimum absolute atomic E-state index is 0.0766. The number of hydrogen-bond donors (Lipinski definition) is 1. The lowest BCUT2D eigenvalue weighted by Gasteiger charge is -2.05. The van der Waals surface area contributed by atoms with Crippen LogP contribution in [0.25, 0.3) is 0 Å². The fourth-order valence-corrected chi connectivity index (χ4v) is 3.04. The molecule has 0 aliphatic carbocycles. The molecule has 2 heterocycles. The van der Waals surface area contributed by atoms with Crippen molar-refractivity contribution >= 4 is 39.0 Å². The monoisotopic (exact) mass is 452 g/mol. The van der Waals surface area contributed by atoms with Crippen LogP contribution in [-0.2, 0) is 12.8 Å². The molecule has 27 heavy (non-hydrogen) atoms. The van der Waals surface area contributed by atoms with E-state index in [0.29, 0.717) is 5.56 Å². The number of benzene rings is 1. The van der Waals surface area contributed by atoms with E-state index in [9.17, 15) is 14.4 Å². The van der Waals surface area contributed by atoms with Gasteiger partial charge in [0.05, 0.1) is 16.5 Å². The highest BCUT2D eigenvalue weighted by Crippen LogP contribution is 2.20. The number of ketones is 1. The van der Waals surface area contributed by atoms with Gasteiger partial charge in [-0.05, 0) is 50.9 Å². The molecule has 3 aromatic rings. The zero-order chi connectivity index (χ0) is 19.4. The molecule has 0 unspecified atom stereocenters. The van der Waals surface area contributed by atoms with Crippen LogP contribution in [0, 0.1) is 5.82 Å². The minimum Gasteiger partial charge on any atom is -0.411 e. The Kier molecular flexibility index (Phi) is 5.92. The zero-order valence-corrected chi connectivity index (χ0v) is 15.9. The second-order valence-corrected chi connectivity index (χ2v) is 6.69. The molecule has 0 amide bonds. The molecule has 0 spiro atoms. The summed E-state index contributed by atoms with van der Waals surface area (Å²) >= 11 is 9.03. The Labute approximate surface area is 166 Å². The van der Waals surface area contributed by atoms with E-state index in [2.05, 4.69) is 36.4 Å². The van der Waals surface area contributed by atoms with Crippen LogP contribution in [0.1, 0.15) is 27.3 Å². The molecule has 0 aliphatic rings. The van der Waals surface area contributed by atoms with Gasteiger partial charge in [-0.15, -0.1) is 0 Å². The van der Waals surface area contributed by atoms with Crippen molar-refractivity contribution in [2.24, 2.45) is 5.16 Å². The van der Waals surface area contributed by atoms with E-state index in [1.54, 1.807) is 24.3 Å². The largest absolute Gasteiger partial charge is 0.411 e. The SMILES string of the molecule is O=C(Cc1nonc1/C(Cc1ccc(F)c(Br)c1)=N/O)c1cccnc1Cl. The summed E-state index contributed by atoms with van der Waals surface area (Å²) in [7, 11) is 0. The Balaban J connectivity index is 1.83. The van der Waals surface area contributed by atoms with Gasteiger partial charge in [0.1, 0.15) is 22.4 Å². The first-order valence-electron chi connectivity index (χ1n) is 7.60. The summed E-state index contributed by atoms with van der Waals surface area (Å²) in [5.41, 5.74) is 1.33. The van der Waals surface area contributed by atoms with Crippen molar-refractivity contribution in [3.8, 4) is 0 Å². The van der Waals surface area contributed by atoms with Gasteiger partial charge in [0.15, 0.2) is 11.5 Å². The molecule has 7 nitrogen and oxygen atoms in total. The van der Waals surface area contributed by atoms with Gasteiger partial charge < -0.3 is 5.21 Å². The van der Waals surface area contributed by atoms with E-state index in [0.717, 1.165) is 0 Å². The molecular formula is C17H11BrClFN4O3. The molecule has 0 radical (unpaired) electrons. The van der Waals surface area contributed by atoms with Crippen LogP contribution in [0.5, 0.6) is 0 Å². The number of nitrogens with zero attached hydrogens (tertiary/aromatic N) is 4. The number of hydrogen-bond acceptors (Lipinski definition) is 7. The lowest BCUT2D eigenvalue weighted by Crippen LogP contribution is -2.13. The van der Waals surface area contributed by atoms with Gasteiger partial charge >= 0.3 is 0 Å². The van der Waals surface area contributed by atoms with Gasteiger partial charge in [-0.3, -0.25) is 4.79 Å². The van der Waals surface area contributed by atoms with Gasteiger partial charge in [-0.2, -0.15) is 0 Å². The number of carbonyl (C=O) groups excluding carboxylic acids is 1. The average Bonchev–Trinajstić information content (AvgIpc) is 3.10. The molecule has 0 bridgehead atoms. The third-order valence-electron chi connectivity index (χ3n) is 3.69. The molecular weight excluding hydrogens is 443 g/mol. The molecule has 138 valence electrons. The standard InChI is InChI=1S/C17H11BrClFN4O3/c18-11-6-9(3-4-12(11)20)7-13(22-26)16-14(23-27-24-16)8-15(25)10-2-1-5-21-17(10)19/h1-6,26H,7-8H2/b22-13+. The molecule has 0 saturated carbocycles. The van der Waals surface area contributed by atoms with Crippen molar-refractivity contribution in [3.63, 3.8) is 0 Å². The maximum absolute atomic E-state index is 13.4. The lowest BCUT2D eigenvalue weighted by molar-refractivity contribution is 0.0990. The Morgan fingerprint density at radius 3 is 2.81 bits per heavy atom. The summed E-state index contributed by atoms with van der Waals surface area (Å²) in [6, 6.07) is 7.51. The highest BCUT2D eigenvalue weighted by Gasteiger charge is 2.22. The topological polar surface area (TPSA) is 101 Å². The number of halogens is 3. The Morgan fingerprint density at radius 2 is 2.11 bits per heavy atom. The van der Waals surface area contributed by atoms with Crippen LogP contribution in [0.15, 0.2) is 50.8 Å². The smallest absolute Gasteiger partial charge is 0.172 e. The van der Waals surface area contributed by atoms with Gasteiger partial charge in [0.2, 0.25) is 0 Å². The zero-order valence-electron chi connectivity index (χ0n) is 13.6. The molecule has 0 saturated heterocycles.